The predicted octanol–water partition coefficient (Wildman–Crippen LogP) is 3.62. The minimum atomic E-state index is -0.0190. The average molecular weight is 317 g/mol. The highest BCUT2D eigenvalue weighted by Crippen LogP contribution is 2.16. The summed E-state index contributed by atoms with van der Waals surface area (Å²) in [6, 6.07) is 15.9. The first kappa shape index (κ1) is 16.5. The molecule has 0 aliphatic rings. The molecule has 1 amide bonds. The van der Waals surface area contributed by atoms with Gasteiger partial charge in [-0.05, 0) is 37.1 Å². The highest BCUT2D eigenvalue weighted by molar-refractivity contribution is 6.30. The predicted molar refractivity (Wildman–Crippen MR) is 90.9 cm³/mol. The van der Waals surface area contributed by atoms with Crippen LogP contribution in [0.2, 0.25) is 5.02 Å². The van der Waals surface area contributed by atoms with Crippen LogP contribution in [0, 0.1) is 6.92 Å². The van der Waals surface area contributed by atoms with E-state index >= 15 is 0 Å². The van der Waals surface area contributed by atoms with Gasteiger partial charge in [-0.1, -0.05) is 53.6 Å². The van der Waals surface area contributed by atoms with Crippen molar-refractivity contribution in [2.75, 3.05) is 6.54 Å². The number of hydrogen-bond acceptors (Lipinski definition) is 2. The van der Waals surface area contributed by atoms with Crippen LogP contribution in [0.25, 0.3) is 0 Å². The first-order chi connectivity index (χ1) is 10.5. The van der Waals surface area contributed by atoms with Crippen molar-refractivity contribution >= 4 is 17.5 Å². The Morgan fingerprint density at radius 1 is 1.18 bits per heavy atom. The number of aryl methyl sites for hydroxylation is 1. The van der Waals surface area contributed by atoms with Gasteiger partial charge in [0.1, 0.15) is 0 Å². The summed E-state index contributed by atoms with van der Waals surface area (Å²) in [5.74, 6) is -0.0190. The van der Waals surface area contributed by atoms with Gasteiger partial charge in [-0.15, -0.1) is 0 Å². The molecular formula is C18H21ClN2O. The minimum absolute atomic E-state index is 0.0190. The molecule has 4 heteroatoms. The van der Waals surface area contributed by atoms with Gasteiger partial charge in [0.15, 0.2) is 0 Å². The van der Waals surface area contributed by atoms with Gasteiger partial charge in [0.05, 0.1) is 6.54 Å². The van der Waals surface area contributed by atoms with E-state index < -0.39 is 0 Å². The third-order valence-corrected chi connectivity index (χ3v) is 3.76. The summed E-state index contributed by atoms with van der Waals surface area (Å²) in [4.78, 5) is 11.9. The van der Waals surface area contributed by atoms with Gasteiger partial charge in [0.2, 0.25) is 5.91 Å². The number of halogens is 1. The Bertz CT molecular complexity index is 625. The molecule has 0 heterocycles. The molecule has 0 bridgehead atoms. The first-order valence-corrected chi connectivity index (χ1v) is 7.73. The highest BCUT2D eigenvalue weighted by atomic mass is 35.5. The lowest BCUT2D eigenvalue weighted by Gasteiger charge is -2.14. The molecule has 1 unspecified atom stereocenters. The lowest BCUT2D eigenvalue weighted by Crippen LogP contribution is -2.34. The van der Waals surface area contributed by atoms with Crippen molar-refractivity contribution in [1.82, 2.24) is 10.6 Å². The van der Waals surface area contributed by atoms with Gasteiger partial charge in [0, 0.05) is 17.6 Å². The number of amides is 1. The fourth-order valence-corrected chi connectivity index (χ4v) is 2.31. The Morgan fingerprint density at radius 2 is 1.91 bits per heavy atom. The second-order valence-corrected chi connectivity index (χ2v) is 5.86. The van der Waals surface area contributed by atoms with Gasteiger partial charge >= 0.3 is 0 Å². The van der Waals surface area contributed by atoms with Crippen molar-refractivity contribution in [3.8, 4) is 0 Å². The normalized spacial score (nSPS) is 12.0. The Labute approximate surface area is 136 Å². The van der Waals surface area contributed by atoms with Crippen LogP contribution >= 0.6 is 11.6 Å². The van der Waals surface area contributed by atoms with Crippen molar-refractivity contribution in [1.29, 1.82) is 0 Å². The van der Waals surface area contributed by atoms with Crippen molar-refractivity contribution in [3.63, 3.8) is 0 Å². The molecule has 0 saturated carbocycles. The maximum absolute atomic E-state index is 11.9. The second-order valence-electron chi connectivity index (χ2n) is 5.42. The number of carbonyl (C=O) groups excluding carboxylic acids is 1. The number of rotatable bonds is 6. The molecule has 3 nitrogen and oxygen atoms in total. The van der Waals surface area contributed by atoms with Gasteiger partial charge in [-0.2, -0.15) is 0 Å². The summed E-state index contributed by atoms with van der Waals surface area (Å²) in [5, 5.41) is 6.81. The van der Waals surface area contributed by atoms with E-state index in [1.54, 1.807) is 0 Å². The van der Waals surface area contributed by atoms with Gasteiger partial charge < -0.3 is 10.6 Å². The van der Waals surface area contributed by atoms with Crippen LogP contribution in [0.3, 0.4) is 0 Å². The molecule has 0 spiro atoms. The summed E-state index contributed by atoms with van der Waals surface area (Å²) in [6.45, 7) is 4.88. The zero-order valence-corrected chi connectivity index (χ0v) is 13.7. The molecule has 2 N–H and O–H groups in total. The molecule has 0 radical (unpaired) electrons. The van der Waals surface area contributed by atoms with Gasteiger partial charge in [0.25, 0.3) is 0 Å². The van der Waals surface area contributed by atoms with E-state index in [0.717, 1.165) is 11.1 Å². The topological polar surface area (TPSA) is 41.1 Å². The maximum atomic E-state index is 11.9. The Hall–Kier alpha value is -1.84. The number of nitrogens with one attached hydrogen (secondary N) is 2. The maximum Gasteiger partial charge on any atom is 0.234 e. The van der Waals surface area contributed by atoms with Crippen molar-refractivity contribution < 1.29 is 4.79 Å². The van der Waals surface area contributed by atoms with Crippen LogP contribution in [-0.4, -0.2) is 12.5 Å². The van der Waals surface area contributed by atoms with E-state index in [1.807, 2.05) is 62.4 Å². The van der Waals surface area contributed by atoms with E-state index in [2.05, 4.69) is 10.6 Å². The fourth-order valence-electron chi connectivity index (χ4n) is 2.11. The smallest absolute Gasteiger partial charge is 0.234 e. The quantitative estimate of drug-likeness (QED) is 0.854. The van der Waals surface area contributed by atoms with Crippen LogP contribution in [0.15, 0.2) is 48.5 Å². The van der Waals surface area contributed by atoms with E-state index in [-0.39, 0.29) is 18.5 Å². The second kappa shape index (κ2) is 7.97. The molecule has 0 aliphatic heterocycles. The van der Waals surface area contributed by atoms with Crippen LogP contribution in [0.5, 0.6) is 0 Å². The SMILES string of the molecule is Cc1ccc(CNC(=O)CNC(C)c2cccc(Cl)c2)cc1. The summed E-state index contributed by atoms with van der Waals surface area (Å²) < 4.78 is 0. The largest absolute Gasteiger partial charge is 0.351 e. The van der Waals surface area contributed by atoms with E-state index in [0.29, 0.717) is 11.6 Å². The lowest BCUT2D eigenvalue weighted by molar-refractivity contribution is -0.120. The zero-order valence-electron chi connectivity index (χ0n) is 12.9. The third-order valence-electron chi connectivity index (χ3n) is 3.53. The first-order valence-electron chi connectivity index (χ1n) is 7.35. The van der Waals surface area contributed by atoms with Gasteiger partial charge in [-0.3, -0.25) is 4.79 Å². The molecular weight excluding hydrogens is 296 g/mol. The molecule has 0 aliphatic carbocycles. The van der Waals surface area contributed by atoms with Crippen LogP contribution in [0.4, 0.5) is 0 Å². The lowest BCUT2D eigenvalue weighted by atomic mass is 10.1. The molecule has 1 atom stereocenters. The van der Waals surface area contributed by atoms with Crippen LogP contribution in [-0.2, 0) is 11.3 Å². The summed E-state index contributed by atoms with van der Waals surface area (Å²) in [5.41, 5.74) is 3.38. The molecule has 2 rings (SSSR count). The number of hydrogen-bond donors (Lipinski definition) is 2. The van der Waals surface area contributed by atoms with Crippen molar-refractivity contribution in [2.45, 2.75) is 26.4 Å². The average Bonchev–Trinajstić information content (AvgIpc) is 2.52. The summed E-state index contributed by atoms with van der Waals surface area (Å²) >= 11 is 5.97. The molecule has 0 fully saturated rings. The summed E-state index contributed by atoms with van der Waals surface area (Å²) in [6.07, 6.45) is 0. The number of benzene rings is 2. The monoisotopic (exact) mass is 316 g/mol. The van der Waals surface area contributed by atoms with E-state index in [4.69, 9.17) is 11.6 Å². The van der Waals surface area contributed by atoms with Crippen LogP contribution < -0.4 is 10.6 Å². The fraction of sp³-hybridized carbons (Fsp3) is 0.278. The van der Waals surface area contributed by atoms with Crippen LogP contribution in [0.1, 0.15) is 29.7 Å². The van der Waals surface area contributed by atoms with E-state index in [9.17, 15) is 4.79 Å². The Kier molecular flexibility index (Phi) is 5.99. The third kappa shape index (κ3) is 5.17. The molecule has 0 aromatic heterocycles. The Balaban J connectivity index is 1.76. The zero-order chi connectivity index (χ0) is 15.9. The Morgan fingerprint density at radius 3 is 2.59 bits per heavy atom. The highest BCUT2D eigenvalue weighted by Gasteiger charge is 2.08. The molecule has 116 valence electrons. The molecule has 2 aromatic carbocycles. The summed E-state index contributed by atoms with van der Waals surface area (Å²) in [7, 11) is 0. The molecule has 22 heavy (non-hydrogen) atoms. The van der Waals surface area contributed by atoms with Crippen molar-refractivity contribution in [2.24, 2.45) is 0 Å². The number of carbonyl (C=O) groups is 1. The molecule has 2 aromatic rings. The van der Waals surface area contributed by atoms with E-state index in [1.165, 1.54) is 5.56 Å². The minimum Gasteiger partial charge on any atom is -0.351 e. The standard InChI is InChI=1S/C18H21ClN2O/c1-13-6-8-15(9-7-13)11-21-18(22)12-20-14(2)16-4-3-5-17(19)10-16/h3-10,14,20H,11-12H2,1-2H3,(H,21,22). The van der Waals surface area contributed by atoms with Gasteiger partial charge in [-0.25, -0.2) is 0 Å². The van der Waals surface area contributed by atoms with Crippen molar-refractivity contribution in [3.05, 3.63) is 70.2 Å². The molecule has 0 saturated heterocycles.